The highest BCUT2D eigenvalue weighted by molar-refractivity contribution is 7.99. The van der Waals surface area contributed by atoms with Gasteiger partial charge in [0.25, 0.3) is 0 Å². The Labute approximate surface area is 106 Å². The Balaban J connectivity index is 2.96. The predicted molar refractivity (Wildman–Crippen MR) is 67.2 cm³/mol. The molecule has 0 amide bonds. The van der Waals surface area contributed by atoms with E-state index in [9.17, 15) is 4.79 Å². The fourth-order valence-corrected chi connectivity index (χ4v) is 2.77. The smallest absolute Gasteiger partial charge is 0.313 e. The fraction of sp³-hybridized carbons (Fsp3) is 0.727. The quantitative estimate of drug-likeness (QED) is 0.759. The van der Waals surface area contributed by atoms with Crippen molar-refractivity contribution in [3.8, 4) is 0 Å². The molecule has 0 aromatic carbocycles. The van der Waals surface area contributed by atoms with Gasteiger partial charge in [-0.2, -0.15) is 0 Å². The average Bonchev–Trinajstić information content (AvgIpc) is 2.79. The minimum Gasteiger partial charge on any atom is -0.481 e. The van der Waals surface area contributed by atoms with Gasteiger partial charge in [0.2, 0.25) is 0 Å². The summed E-state index contributed by atoms with van der Waals surface area (Å²) < 4.78 is 2.03. The summed E-state index contributed by atoms with van der Waals surface area (Å²) in [6.45, 7) is 6.41. The molecular formula is C11H19N3O2S. The average molecular weight is 257 g/mol. The molecule has 0 spiro atoms. The first kappa shape index (κ1) is 14.0. The lowest BCUT2D eigenvalue weighted by molar-refractivity contribution is -0.133. The van der Waals surface area contributed by atoms with Crippen molar-refractivity contribution in [2.24, 2.45) is 0 Å². The van der Waals surface area contributed by atoms with Gasteiger partial charge in [-0.3, -0.25) is 4.79 Å². The normalized spacial score (nSPS) is 11.7. The van der Waals surface area contributed by atoms with Crippen LogP contribution in [-0.2, 0) is 10.3 Å². The second-order valence-electron chi connectivity index (χ2n) is 3.95. The van der Waals surface area contributed by atoms with E-state index >= 15 is 0 Å². The fourth-order valence-electron chi connectivity index (χ4n) is 2.04. The first-order valence-corrected chi connectivity index (χ1v) is 6.83. The lowest BCUT2D eigenvalue weighted by Gasteiger charge is -2.32. The van der Waals surface area contributed by atoms with E-state index in [4.69, 9.17) is 5.11 Å². The number of thioether (sulfide) groups is 1. The molecule has 0 fully saturated rings. The molecule has 1 N–H and O–H groups in total. The summed E-state index contributed by atoms with van der Waals surface area (Å²) in [5, 5.41) is 17.3. The minimum absolute atomic E-state index is 0.00430. The van der Waals surface area contributed by atoms with Crippen molar-refractivity contribution < 1.29 is 9.90 Å². The molecular weight excluding hydrogens is 238 g/mol. The number of aromatic nitrogens is 3. The highest BCUT2D eigenvalue weighted by Crippen LogP contribution is 2.32. The van der Waals surface area contributed by atoms with Crippen molar-refractivity contribution >= 4 is 17.7 Å². The summed E-state index contributed by atoms with van der Waals surface area (Å²) in [5.74, 6) is -0.814. The lowest BCUT2D eigenvalue weighted by Crippen LogP contribution is -2.31. The van der Waals surface area contributed by atoms with Crippen molar-refractivity contribution in [3.63, 3.8) is 0 Å². The molecule has 1 heterocycles. The van der Waals surface area contributed by atoms with Crippen molar-refractivity contribution in [3.05, 3.63) is 6.33 Å². The van der Waals surface area contributed by atoms with E-state index < -0.39 is 5.97 Å². The lowest BCUT2D eigenvalue weighted by atomic mass is 9.90. The zero-order chi connectivity index (χ0) is 12.9. The van der Waals surface area contributed by atoms with Gasteiger partial charge in [-0.15, -0.1) is 10.2 Å². The molecule has 0 saturated carbocycles. The van der Waals surface area contributed by atoms with Crippen molar-refractivity contribution in [1.82, 2.24) is 14.8 Å². The number of hydrogen-bond acceptors (Lipinski definition) is 4. The molecule has 0 bridgehead atoms. The van der Waals surface area contributed by atoms with Crippen LogP contribution in [0.5, 0.6) is 0 Å². The Morgan fingerprint density at radius 2 is 2.00 bits per heavy atom. The standard InChI is InChI=1S/C11H19N3O2S/c1-4-11(5-2,6-3)14-8-12-13-10(14)17-7-9(15)16/h8H,4-7H2,1-3H3,(H,15,16). The summed E-state index contributed by atoms with van der Waals surface area (Å²) in [4.78, 5) is 10.6. The number of nitrogens with zero attached hydrogens (tertiary/aromatic N) is 3. The monoisotopic (exact) mass is 257 g/mol. The van der Waals surface area contributed by atoms with Crippen LogP contribution in [0.15, 0.2) is 11.5 Å². The molecule has 1 aromatic heterocycles. The Morgan fingerprint density at radius 1 is 1.41 bits per heavy atom. The molecule has 6 heteroatoms. The van der Waals surface area contributed by atoms with Crippen LogP contribution in [0.3, 0.4) is 0 Å². The summed E-state index contributed by atoms with van der Waals surface area (Å²) in [7, 11) is 0. The highest BCUT2D eigenvalue weighted by Gasteiger charge is 2.28. The minimum atomic E-state index is -0.834. The van der Waals surface area contributed by atoms with Gasteiger partial charge >= 0.3 is 5.97 Å². The zero-order valence-corrected chi connectivity index (χ0v) is 11.3. The second kappa shape index (κ2) is 6.05. The SMILES string of the molecule is CCC(CC)(CC)n1cnnc1SCC(=O)O. The number of carbonyl (C=O) groups is 1. The molecule has 0 atom stereocenters. The number of hydrogen-bond donors (Lipinski definition) is 1. The number of carboxylic acid groups (broad SMARTS) is 1. The number of aliphatic carboxylic acids is 1. The van der Waals surface area contributed by atoms with Crippen molar-refractivity contribution in [2.45, 2.75) is 50.7 Å². The highest BCUT2D eigenvalue weighted by atomic mass is 32.2. The Hall–Kier alpha value is -1.04. The second-order valence-corrected chi connectivity index (χ2v) is 4.89. The molecule has 1 rings (SSSR count). The first-order valence-electron chi connectivity index (χ1n) is 5.84. The van der Waals surface area contributed by atoms with Gasteiger partial charge in [0, 0.05) is 5.54 Å². The van der Waals surface area contributed by atoms with Gasteiger partial charge in [0.15, 0.2) is 5.16 Å². The third kappa shape index (κ3) is 3.00. The van der Waals surface area contributed by atoms with Crippen LogP contribution in [-0.4, -0.2) is 31.6 Å². The van der Waals surface area contributed by atoms with Crippen LogP contribution in [0.25, 0.3) is 0 Å². The van der Waals surface area contributed by atoms with Crippen LogP contribution in [0.1, 0.15) is 40.0 Å². The van der Waals surface area contributed by atoms with Crippen molar-refractivity contribution in [2.75, 3.05) is 5.75 Å². The van der Waals surface area contributed by atoms with Gasteiger partial charge in [0.1, 0.15) is 6.33 Å². The van der Waals surface area contributed by atoms with Gasteiger partial charge in [-0.05, 0) is 19.3 Å². The van der Waals surface area contributed by atoms with Crippen LogP contribution in [0, 0.1) is 0 Å². The summed E-state index contributed by atoms with van der Waals surface area (Å²) in [6.07, 6.45) is 4.66. The van der Waals surface area contributed by atoms with Crippen LogP contribution >= 0.6 is 11.8 Å². The molecule has 0 aliphatic carbocycles. The molecule has 96 valence electrons. The number of carboxylic acids is 1. The maximum absolute atomic E-state index is 10.6. The number of rotatable bonds is 7. The molecule has 0 saturated heterocycles. The molecule has 0 radical (unpaired) electrons. The maximum Gasteiger partial charge on any atom is 0.313 e. The van der Waals surface area contributed by atoms with E-state index in [0.717, 1.165) is 19.3 Å². The largest absolute Gasteiger partial charge is 0.481 e. The Morgan fingerprint density at radius 3 is 2.47 bits per heavy atom. The Bertz CT molecular complexity index is 366. The molecule has 0 unspecified atom stereocenters. The van der Waals surface area contributed by atoms with E-state index in [0.29, 0.717) is 5.16 Å². The van der Waals surface area contributed by atoms with Gasteiger partial charge in [-0.25, -0.2) is 0 Å². The van der Waals surface area contributed by atoms with E-state index in [1.165, 1.54) is 11.8 Å². The molecule has 17 heavy (non-hydrogen) atoms. The molecule has 0 aliphatic rings. The van der Waals surface area contributed by atoms with Gasteiger partial charge < -0.3 is 9.67 Å². The van der Waals surface area contributed by atoms with Crippen molar-refractivity contribution in [1.29, 1.82) is 0 Å². The Kier molecular flexibility index (Phi) is 4.99. The van der Waals surface area contributed by atoms with Crippen LogP contribution < -0.4 is 0 Å². The maximum atomic E-state index is 10.6. The van der Waals surface area contributed by atoms with E-state index in [1.807, 2.05) is 4.57 Å². The molecule has 5 nitrogen and oxygen atoms in total. The van der Waals surface area contributed by atoms with E-state index in [-0.39, 0.29) is 11.3 Å². The van der Waals surface area contributed by atoms with Crippen LogP contribution in [0.2, 0.25) is 0 Å². The van der Waals surface area contributed by atoms with E-state index in [1.54, 1.807) is 6.33 Å². The third-order valence-corrected chi connectivity index (χ3v) is 4.25. The molecule has 0 aliphatic heterocycles. The molecule has 1 aromatic rings. The predicted octanol–water partition coefficient (Wildman–Crippen LogP) is 2.38. The van der Waals surface area contributed by atoms with Crippen LogP contribution in [0.4, 0.5) is 0 Å². The van der Waals surface area contributed by atoms with Gasteiger partial charge in [0.05, 0.1) is 5.75 Å². The topological polar surface area (TPSA) is 68.0 Å². The summed E-state index contributed by atoms with van der Waals surface area (Å²) in [5.41, 5.74) is 0.00430. The summed E-state index contributed by atoms with van der Waals surface area (Å²) >= 11 is 1.22. The third-order valence-electron chi connectivity index (χ3n) is 3.33. The van der Waals surface area contributed by atoms with Gasteiger partial charge in [-0.1, -0.05) is 32.5 Å². The first-order chi connectivity index (χ1) is 8.09. The zero-order valence-electron chi connectivity index (χ0n) is 10.5. The van der Waals surface area contributed by atoms with E-state index in [2.05, 4.69) is 31.0 Å². The summed E-state index contributed by atoms with van der Waals surface area (Å²) in [6, 6.07) is 0.